The van der Waals surface area contributed by atoms with Crippen LogP contribution in [0.25, 0.3) is 16.9 Å². The summed E-state index contributed by atoms with van der Waals surface area (Å²) in [5.74, 6) is 0. The van der Waals surface area contributed by atoms with E-state index in [1.54, 1.807) is 16.8 Å². The fraction of sp³-hybridized carbons (Fsp3) is 0.304. The van der Waals surface area contributed by atoms with Crippen LogP contribution in [-0.2, 0) is 5.60 Å². The van der Waals surface area contributed by atoms with Crippen LogP contribution >= 0.6 is 0 Å². The van der Waals surface area contributed by atoms with Crippen LogP contribution in [0.2, 0.25) is 0 Å². The molecule has 0 aliphatic heterocycles. The SMILES string of the molecule is CCC(O)(CCCO)c1cc(-c2ccc(C)cc2)n(-c2ccc(C#N)cc2)n1. The number of aliphatic hydroxyl groups excluding tert-OH is 1. The average molecular weight is 375 g/mol. The summed E-state index contributed by atoms with van der Waals surface area (Å²) in [4.78, 5) is 0. The molecule has 0 radical (unpaired) electrons. The van der Waals surface area contributed by atoms with Crippen molar-refractivity contribution in [2.24, 2.45) is 0 Å². The number of rotatable bonds is 7. The van der Waals surface area contributed by atoms with Gasteiger partial charge in [0, 0.05) is 12.2 Å². The van der Waals surface area contributed by atoms with Gasteiger partial charge in [-0.1, -0.05) is 36.8 Å². The van der Waals surface area contributed by atoms with Gasteiger partial charge in [0.1, 0.15) is 5.60 Å². The molecule has 144 valence electrons. The molecular weight excluding hydrogens is 350 g/mol. The molecule has 0 saturated carbocycles. The third-order valence-electron chi connectivity index (χ3n) is 5.11. The summed E-state index contributed by atoms with van der Waals surface area (Å²) < 4.78 is 1.81. The van der Waals surface area contributed by atoms with E-state index in [1.807, 2.05) is 56.3 Å². The summed E-state index contributed by atoms with van der Waals surface area (Å²) in [6.45, 7) is 3.99. The zero-order chi connectivity index (χ0) is 20.1. The third-order valence-corrected chi connectivity index (χ3v) is 5.11. The number of aliphatic hydroxyl groups is 2. The molecule has 1 unspecified atom stereocenters. The first-order valence-corrected chi connectivity index (χ1v) is 9.52. The summed E-state index contributed by atoms with van der Waals surface area (Å²) in [5.41, 5.74) is 3.93. The van der Waals surface area contributed by atoms with Crippen LogP contribution in [0, 0.1) is 18.3 Å². The summed E-state index contributed by atoms with van der Waals surface area (Å²) in [5, 5.41) is 34.1. The smallest absolute Gasteiger partial charge is 0.108 e. The predicted molar refractivity (Wildman–Crippen MR) is 109 cm³/mol. The average Bonchev–Trinajstić information content (AvgIpc) is 3.18. The molecule has 0 bridgehead atoms. The maximum Gasteiger partial charge on any atom is 0.108 e. The molecule has 1 atom stereocenters. The lowest BCUT2D eigenvalue weighted by atomic mass is 9.90. The summed E-state index contributed by atoms with van der Waals surface area (Å²) in [6, 6.07) is 19.4. The minimum absolute atomic E-state index is 0.0312. The Balaban J connectivity index is 2.14. The van der Waals surface area contributed by atoms with Gasteiger partial charge < -0.3 is 10.2 Å². The molecule has 1 aromatic heterocycles. The summed E-state index contributed by atoms with van der Waals surface area (Å²) >= 11 is 0. The number of hydrogen-bond donors (Lipinski definition) is 2. The normalized spacial score (nSPS) is 13.1. The largest absolute Gasteiger partial charge is 0.396 e. The van der Waals surface area contributed by atoms with E-state index in [1.165, 1.54) is 5.56 Å². The molecule has 28 heavy (non-hydrogen) atoms. The highest BCUT2D eigenvalue weighted by atomic mass is 16.3. The first kappa shape index (κ1) is 19.8. The van der Waals surface area contributed by atoms with Gasteiger partial charge in [-0.15, -0.1) is 0 Å². The van der Waals surface area contributed by atoms with E-state index < -0.39 is 5.60 Å². The quantitative estimate of drug-likeness (QED) is 0.652. The Labute approximate surface area is 165 Å². The Bertz CT molecular complexity index is 969. The Morgan fingerprint density at radius 3 is 2.36 bits per heavy atom. The van der Waals surface area contributed by atoms with E-state index in [0.29, 0.717) is 30.5 Å². The number of nitrogens with zero attached hydrogens (tertiary/aromatic N) is 3. The van der Waals surface area contributed by atoms with Crippen molar-refractivity contribution in [3.8, 4) is 23.0 Å². The van der Waals surface area contributed by atoms with Gasteiger partial charge >= 0.3 is 0 Å². The lowest BCUT2D eigenvalue weighted by molar-refractivity contribution is 0.0125. The highest BCUT2D eigenvalue weighted by Crippen LogP contribution is 2.33. The van der Waals surface area contributed by atoms with Crippen LogP contribution in [0.3, 0.4) is 0 Å². The van der Waals surface area contributed by atoms with Crippen molar-refractivity contribution in [2.45, 2.75) is 38.7 Å². The molecular formula is C23H25N3O2. The van der Waals surface area contributed by atoms with Gasteiger partial charge in [0.05, 0.1) is 28.7 Å². The zero-order valence-electron chi connectivity index (χ0n) is 16.3. The fourth-order valence-electron chi connectivity index (χ4n) is 3.27. The second-order valence-corrected chi connectivity index (χ2v) is 7.06. The van der Waals surface area contributed by atoms with Gasteiger partial charge in [0.25, 0.3) is 0 Å². The highest BCUT2D eigenvalue weighted by molar-refractivity contribution is 5.63. The third kappa shape index (κ3) is 3.99. The molecule has 2 N–H and O–H groups in total. The highest BCUT2D eigenvalue weighted by Gasteiger charge is 2.31. The standard InChI is InChI=1S/C23H25N3O2/c1-3-23(28,13-4-14-27)22-15-21(19-9-5-17(2)6-10-19)26(25-22)20-11-7-18(16-24)8-12-20/h5-12,15,27-28H,3-4,13-14H2,1-2H3. The molecule has 3 aromatic rings. The van der Waals surface area contributed by atoms with E-state index in [4.69, 9.17) is 10.4 Å². The minimum Gasteiger partial charge on any atom is -0.396 e. The van der Waals surface area contributed by atoms with Gasteiger partial charge in [-0.25, -0.2) is 4.68 Å². The molecule has 0 spiro atoms. The first-order chi connectivity index (χ1) is 13.5. The van der Waals surface area contributed by atoms with E-state index in [9.17, 15) is 10.2 Å². The van der Waals surface area contributed by atoms with Crippen LogP contribution < -0.4 is 0 Å². The van der Waals surface area contributed by atoms with E-state index >= 15 is 0 Å². The Morgan fingerprint density at radius 1 is 1.11 bits per heavy atom. The Kier molecular flexibility index (Phi) is 5.93. The second kappa shape index (κ2) is 8.39. The van der Waals surface area contributed by atoms with Crippen molar-refractivity contribution in [1.29, 1.82) is 5.26 Å². The van der Waals surface area contributed by atoms with Gasteiger partial charge in [-0.05, 0) is 56.5 Å². The Morgan fingerprint density at radius 2 is 1.79 bits per heavy atom. The van der Waals surface area contributed by atoms with Crippen LogP contribution in [0.4, 0.5) is 0 Å². The topological polar surface area (TPSA) is 82.1 Å². The maximum atomic E-state index is 11.2. The molecule has 0 aliphatic rings. The van der Waals surface area contributed by atoms with Crippen molar-refractivity contribution in [1.82, 2.24) is 9.78 Å². The van der Waals surface area contributed by atoms with Gasteiger partial charge in [-0.2, -0.15) is 10.4 Å². The van der Waals surface area contributed by atoms with Crippen LogP contribution in [-0.4, -0.2) is 26.6 Å². The molecule has 0 amide bonds. The minimum atomic E-state index is -1.10. The predicted octanol–water partition coefficient (Wildman–Crippen LogP) is 4.09. The number of nitriles is 1. The molecule has 3 rings (SSSR count). The zero-order valence-corrected chi connectivity index (χ0v) is 16.3. The van der Waals surface area contributed by atoms with Crippen molar-refractivity contribution >= 4 is 0 Å². The summed E-state index contributed by atoms with van der Waals surface area (Å²) in [6.07, 6.45) is 1.45. The lowest BCUT2D eigenvalue weighted by Gasteiger charge is -2.24. The monoisotopic (exact) mass is 375 g/mol. The van der Waals surface area contributed by atoms with Crippen molar-refractivity contribution in [3.05, 3.63) is 71.4 Å². The fourth-order valence-corrected chi connectivity index (χ4v) is 3.27. The molecule has 1 heterocycles. The number of benzene rings is 2. The maximum absolute atomic E-state index is 11.2. The Hall–Kier alpha value is -2.94. The van der Waals surface area contributed by atoms with Crippen molar-refractivity contribution in [3.63, 3.8) is 0 Å². The van der Waals surface area contributed by atoms with Crippen LogP contribution in [0.5, 0.6) is 0 Å². The molecule has 2 aromatic carbocycles. The number of aryl methyl sites for hydroxylation is 1. The van der Waals surface area contributed by atoms with Gasteiger partial charge in [0.15, 0.2) is 0 Å². The van der Waals surface area contributed by atoms with Crippen LogP contribution in [0.15, 0.2) is 54.6 Å². The number of hydrogen-bond acceptors (Lipinski definition) is 4. The number of aromatic nitrogens is 2. The van der Waals surface area contributed by atoms with Gasteiger partial charge in [-0.3, -0.25) is 0 Å². The van der Waals surface area contributed by atoms with Gasteiger partial charge in [0.2, 0.25) is 0 Å². The van der Waals surface area contributed by atoms with Crippen LogP contribution in [0.1, 0.15) is 43.0 Å². The second-order valence-electron chi connectivity index (χ2n) is 7.06. The van der Waals surface area contributed by atoms with E-state index in [-0.39, 0.29) is 6.61 Å². The summed E-state index contributed by atoms with van der Waals surface area (Å²) in [7, 11) is 0. The first-order valence-electron chi connectivity index (χ1n) is 9.52. The molecule has 5 nitrogen and oxygen atoms in total. The van der Waals surface area contributed by atoms with E-state index in [0.717, 1.165) is 16.9 Å². The van der Waals surface area contributed by atoms with Crippen molar-refractivity contribution < 1.29 is 10.2 Å². The lowest BCUT2D eigenvalue weighted by Crippen LogP contribution is -2.26. The molecule has 0 saturated heterocycles. The molecule has 0 aliphatic carbocycles. The van der Waals surface area contributed by atoms with Crippen molar-refractivity contribution in [2.75, 3.05) is 6.61 Å². The molecule has 5 heteroatoms. The van der Waals surface area contributed by atoms with E-state index in [2.05, 4.69) is 6.07 Å². The molecule has 0 fully saturated rings.